The molecule has 0 nitrogen and oxygen atoms in total. The van der Waals surface area contributed by atoms with E-state index in [9.17, 15) is 0 Å². The summed E-state index contributed by atoms with van der Waals surface area (Å²) in [5.41, 5.74) is 9.33. The monoisotopic (exact) mass is 832 g/mol. The van der Waals surface area contributed by atoms with Crippen LogP contribution >= 0.6 is 0 Å². The first-order chi connectivity index (χ1) is 24.5. The first-order valence-electron chi connectivity index (χ1n) is 19.8. The molecule has 2 saturated carbocycles. The summed E-state index contributed by atoms with van der Waals surface area (Å²) in [5, 5.41) is 0. The molecular formula is C51H60Cl2Zr. The summed E-state index contributed by atoms with van der Waals surface area (Å²) < 4.78 is 3.95. The maximum absolute atomic E-state index is 2.99. The van der Waals surface area contributed by atoms with Crippen LogP contribution in [-0.4, -0.2) is 3.21 Å². The van der Waals surface area contributed by atoms with Crippen molar-refractivity contribution in [3.63, 3.8) is 0 Å². The van der Waals surface area contributed by atoms with E-state index in [0.29, 0.717) is 9.54 Å². The quantitative estimate of drug-likeness (QED) is 0.306. The fraction of sp³-hybridized carbons (Fsp3) is 0.431. The van der Waals surface area contributed by atoms with Crippen molar-refractivity contribution in [3.8, 4) is 0 Å². The summed E-state index contributed by atoms with van der Waals surface area (Å²) in [4.78, 5) is 0. The molecule has 0 saturated heterocycles. The number of benzene rings is 2. The second-order valence-electron chi connectivity index (χ2n) is 18.7. The Morgan fingerprint density at radius 2 is 1.07 bits per heavy atom. The van der Waals surface area contributed by atoms with Crippen molar-refractivity contribution < 1.29 is 46.1 Å². The van der Waals surface area contributed by atoms with Gasteiger partial charge in [0.1, 0.15) is 0 Å². The molecule has 282 valence electrons. The summed E-state index contributed by atoms with van der Waals surface area (Å²) in [5.74, 6) is 0.412. The molecule has 0 aromatic heterocycles. The maximum Gasteiger partial charge on any atom is -1.00 e. The number of hydrogen-bond acceptors (Lipinski definition) is 0. The van der Waals surface area contributed by atoms with Crippen molar-refractivity contribution in [3.05, 3.63) is 164 Å². The number of aryl methyl sites for hydroxylation is 4. The summed E-state index contributed by atoms with van der Waals surface area (Å²) in [6.07, 6.45) is 36.3. The van der Waals surface area contributed by atoms with Crippen LogP contribution in [-0.2, 0) is 21.3 Å². The van der Waals surface area contributed by atoms with E-state index >= 15 is 0 Å². The number of halogens is 2. The maximum atomic E-state index is 2.82. The van der Waals surface area contributed by atoms with Crippen LogP contribution in [0.4, 0.5) is 0 Å². The van der Waals surface area contributed by atoms with E-state index in [2.05, 4.69) is 205 Å². The van der Waals surface area contributed by atoms with Gasteiger partial charge in [-0.05, 0) is 0 Å². The molecule has 6 aliphatic rings. The van der Waals surface area contributed by atoms with Crippen LogP contribution in [0.25, 0.3) is 0 Å². The minimum atomic E-state index is -2.99. The number of rotatable bonds is 4. The Morgan fingerprint density at radius 1 is 0.574 bits per heavy atom. The average molecular weight is 835 g/mol. The van der Waals surface area contributed by atoms with Gasteiger partial charge in [0, 0.05) is 0 Å². The molecule has 9 unspecified atom stereocenters. The van der Waals surface area contributed by atoms with Gasteiger partial charge in [-0.3, -0.25) is 0 Å². The Bertz CT molecular complexity index is 2150. The van der Waals surface area contributed by atoms with Crippen molar-refractivity contribution in [2.45, 2.75) is 93.1 Å². The van der Waals surface area contributed by atoms with Gasteiger partial charge in [0.2, 0.25) is 0 Å². The van der Waals surface area contributed by atoms with Gasteiger partial charge in [-0.2, -0.15) is 0 Å². The Labute approximate surface area is 347 Å². The zero-order valence-electron chi connectivity index (χ0n) is 34.7. The molecule has 0 heterocycles. The molecule has 6 aliphatic carbocycles. The van der Waals surface area contributed by atoms with E-state index in [1.807, 2.05) is 0 Å². The summed E-state index contributed by atoms with van der Waals surface area (Å²) in [6.45, 7) is 30.6. The van der Waals surface area contributed by atoms with E-state index in [1.54, 1.807) is 12.1 Å². The van der Waals surface area contributed by atoms with Gasteiger partial charge in [-0.15, -0.1) is 0 Å². The van der Waals surface area contributed by atoms with Crippen molar-refractivity contribution in [1.29, 1.82) is 0 Å². The van der Waals surface area contributed by atoms with Crippen molar-refractivity contribution in [1.82, 2.24) is 0 Å². The smallest absolute Gasteiger partial charge is 1.00 e. The van der Waals surface area contributed by atoms with E-state index in [4.69, 9.17) is 0 Å². The zero-order valence-corrected chi connectivity index (χ0v) is 38.6. The first-order valence-corrected chi connectivity index (χ1v) is 23.7. The summed E-state index contributed by atoms with van der Waals surface area (Å²) in [7, 11) is 0. The number of allylic oxidation sites excluding steroid dienone is 16. The van der Waals surface area contributed by atoms with Crippen LogP contribution < -0.4 is 24.8 Å². The Hall–Kier alpha value is -2.31. The van der Waals surface area contributed by atoms with E-state index in [0.717, 1.165) is 6.42 Å². The molecule has 2 aromatic rings. The fourth-order valence-electron chi connectivity index (χ4n) is 13.7. The molecule has 8 rings (SSSR count). The van der Waals surface area contributed by atoms with Crippen LogP contribution in [0.3, 0.4) is 0 Å². The van der Waals surface area contributed by atoms with E-state index in [-0.39, 0.29) is 62.7 Å². The van der Waals surface area contributed by atoms with Crippen molar-refractivity contribution in [2.24, 2.45) is 43.8 Å². The van der Waals surface area contributed by atoms with E-state index < -0.39 is 21.3 Å². The standard InChI is InChI=1S/C29H37.C17H18.C5H5.2ClH.Zr/c1-21-14-13-15-22-20-27(6)25(4)18-10-9-16-23(25,2)24(3)17-11-12-19-26(24,5)29(27,8)28(21,22)7;1-12-5-7-16(9-14(12)3)11-17-8-6-13(2)15(4)10-17;1-2-4-5-3-1;;;/h9-20,22H,1-8H3;5-10H,1-4H3;1-3H,4H2;2*1H;/q;;;;;+2/p-2. The second kappa shape index (κ2) is 13.4. The minimum Gasteiger partial charge on any atom is -1.00 e. The normalized spacial score (nSPS) is 38.9. The third-order valence-corrected chi connectivity index (χ3v) is 27.0. The second-order valence-corrected chi connectivity index (χ2v) is 25.1. The molecule has 0 aliphatic heterocycles. The molecule has 0 radical (unpaired) electrons. The van der Waals surface area contributed by atoms with Gasteiger partial charge in [0.05, 0.1) is 0 Å². The predicted molar refractivity (Wildman–Crippen MR) is 220 cm³/mol. The molecule has 54 heavy (non-hydrogen) atoms. The van der Waals surface area contributed by atoms with Gasteiger partial charge >= 0.3 is 325 Å². The van der Waals surface area contributed by atoms with Gasteiger partial charge in [0.25, 0.3) is 0 Å². The summed E-state index contributed by atoms with van der Waals surface area (Å²) in [6, 6.07) is 14.8. The van der Waals surface area contributed by atoms with Crippen LogP contribution in [0.2, 0.25) is 3.63 Å². The molecular weight excluding hydrogens is 775 g/mol. The topological polar surface area (TPSA) is 0 Å². The third-order valence-electron chi connectivity index (χ3n) is 17.8. The van der Waals surface area contributed by atoms with Crippen LogP contribution in [0.1, 0.15) is 95.2 Å². The SMILES string of the molecule is CC1=CC=CC2[CH]([Zr+2]([C]3=CC=CC3)=[C](c3ccc(C)c(C)c3)c3ccc(C)c(C)c3)C3(C)C4(C)C=CC=CC4(C)C4(C)C=CC=CC4(C)C3(C)C12C.[Cl-].[Cl-]. The fourth-order valence-corrected chi connectivity index (χ4v) is 24.8. The van der Waals surface area contributed by atoms with Crippen LogP contribution in [0.5, 0.6) is 0 Å². The number of fused-ring (bicyclic) bond motifs is 8. The Morgan fingerprint density at radius 3 is 1.57 bits per heavy atom. The Balaban J connectivity index is 0.00000249. The summed E-state index contributed by atoms with van der Waals surface area (Å²) >= 11 is -2.99. The molecule has 2 aromatic carbocycles. The van der Waals surface area contributed by atoms with Gasteiger partial charge < -0.3 is 24.8 Å². The van der Waals surface area contributed by atoms with Gasteiger partial charge in [0.15, 0.2) is 0 Å². The van der Waals surface area contributed by atoms with Crippen molar-refractivity contribution in [2.75, 3.05) is 0 Å². The van der Waals surface area contributed by atoms with Gasteiger partial charge in [-0.1, -0.05) is 0 Å². The molecule has 0 N–H and O–H groups in total. The van der Waals surface area contributed by atoms with Crippen LogP contribution in [0.15, 0.2) is 130 Å². The molecule has 0 bridgehead atoms. The molecule has 9 atom stereocenters. The molecule has 0 amide bonds. The average Bonchev–Trinajstić information content (AvgIpc) is 3.70. The number of hydrogen-bond donors (Lipinski definition) is 0. The molecule has 3 heteroatoms. The van der Waals surface area contributed by atoms with Crippen LogP contribution in [0, 0.1) is 71.5 Å². The van der Waals surface area contributed by atoms with Gasteiger partial charge in [-0.25, -0.2) is 0 Å². The van der Waals surface area contributed by atoms with Crippen molar-refractivity contribution >= 4 is 3.21 Å². The predicted octanol–water partition coefficient (Wildman–Crippen LogP) is 7.20. The minimum absolute atomic E-state index is 0. The largest absolute Gasteiger partial charge is 1.00 e. The Kier molecular flexibility index (Phi) is 10.2. The van der Waals surface area contributed by atoms with E-state index in [1.165, 1.54) is 33.4 Å². The molecule has 2 fully saturated rings. The third kappa shape index (κ3) is 4.62. The first kappa shape index (κ1) is 41.3. The molecule has 0 spiro atoms. The zero-order chi connectivity index (χ0) is 37.3.